The molecule has 0 bridgehead atoms. The molecule has 4 nitrogen and oxygen atoms in total. The van der Waals surface area contributed by atoms with Gasteiger partial charge in [0.1, 0.15) is 5.69 Å². The Morgan fingerprint density at radius 1 is 1.50 bits per heavy atom. The number of hydrogen-bond acceptors (Lipinski definition) is 3. The van der Waals surface area contributed by atoms with Crippen molar-refractivity contribution in [1.82, 2.24) is 0 Å². The summed E-state index contributed by atoms with van der Waals surface area (Å²) in [5.74, 6) is 0. The summed E-state index contributed by atoms with van der Waals surface area (Å²) < 4.78 is 0. The van der Waals surface area contributed by atoms with Crippen molar-refractivity contribution in [3.8, 4) is 0 Å². The molecule has 0 fully saturated rings. The molecule has 0 aliphatic carbocycles. The van der Waals surface area contributed by atoms with Gasteiger partial charge in [0.15, 0.2) is 0 Å². The summed E-state index contributed by atoms with van der Waals surface area (Å²) in [6.07, 6.45) is 0. The van der Waals surface area contributed by atoms with E-state index in [4.69, 9.17) is 0 Å². The fourth-order valence-electron chi connectivity index (χ4n) is 1.13. The number of nitro groups is 1. The van der Waals surface area contributed by atoms with E-state index in [0.29, 0.717) is 5.69 Å². The largest absolute Gasteiger partial charge is 0.382 e. The zero-order valence-electron chi connectivity index (χ0n) is 7.00. The monoisotopic (exact) mass is 166 g/mol. The normalized spacial score (nSPS) is 9.50. The third kappa shape index (κ3) is 1.37. The zero-order chi connectivity index (χ0) is 9.14. The fraction of sp³-hybridized carbons (Fsp3) is 0.250. The molecule has 0 unspecified atom stereocenters. The number of anilines is 1. The Hall–Kier alpha value is -1.58. The molecular weight excluding hydrogens is 156 g/mol. The first kappa shape index (κ1) is 8.52. The van der Waals surface area contributed by atoms with E-state index in [1.165, 1.54) is 6.07 Å². The second-order valence-electron chi connectivity index (χ2n) is 2.48. The number of benzene rings is 1. The van der Waals surface area contributed by atoms with Gasteiger partial charge in [-0.25, -0.2) is 0 Å². The van der Waals surface area contributed by atoms with Gasteiger partial charge in [0.2, 0.25) is 0 Å². The third-order valence-corrected chi connectivity index (χ3v) is 1.70. The van der Waals surface area contributed by atoms with E-state index in [2.05, 4.69) is 5.32 Å². The van der Waals surface area contributed by atoms with Crippen LogP contribution in [-0.2, 0) is 0 Å². The first-order chi connectivity index (χ1) is 5.66. The van der Waals surface area contributed by atoms with Gasteiger partial charge in [0, 0.05) is 13.1 Å². The highest BCUT2D eigenvalue weighted by molar-refractivity contribution is 5.65. The van der Waals surface area contributed by atoms with Crippen molar-refractivity contribution in [1.29, 1.82) is 0 Å². The molecule has 1 N–H and O–H groups in total. The maximum Gasteiger partial charge on any atom is 0.292 e. The number of hydrogen-bond donors (Lipinski definition) is 1. The van der Waals surface area contributed by atoms with Gasteiger partial charge in [-0.2, -0.15) is 0 Å². The molecule has 4 heteroatoms. The van der Waals surface area contributed by atoms with Crippen LogP contribution in [-0.4, -0.2) is 12.0 Å². The second-order valence-corrected chi connectivity index (χ2v) is 2.48. The highest BCUT2D eigenvalue weighted by Crippen LogP contribution is 2.26. The second kappa shape index (κ2) is 3.21. The molecule has 0 spiro atoms. The number of rotatable bonds is 2. The summed E-state index contributed by atoms with van der Waals surface area (Å²) in [7, 11) is 1.68. The molecule has 64 valence electrons. The van der Waals surface area contributed by atoms with Gasteiger partial charge in [-0.15, -0.1) is 0 Å². The Labute approximate surface area is 70.4 Å². The first-order valence-electron chi connectivity index (χ1n) is 3.58. The smallest absolute Gasteiger partial charge is 0.292 e. The number of aryl methyl sites for hydroxylation is 1. The molecule has 1 aromatic rings. The predicted octanol–water partition coefficient (Wildman–Crippen LogP) is 1.94. The highest BCUT2D eigenvalue weighted by atomic mass is 16.6. The van der Waals surface area contributed by atoms with E-state index < -0.39 is 4.92 Å². The van der Waals surface area contributed by atoms with Gasteiger partial charge in [-0.05, 0) is 12.5 Å². The van der Waals surface area contributed by atoms with Gasteiger partial charge < -0.3 is 5.32 Å². The van der Waals surface area contributed by atoms with Gasteiger partial charge >= 0.3 is 0 Å². The predicted molar refractivity (Wildman–Crippen MR) is 47.4 cm³/mol. The van der Waals surface area contributed by atoms with Crippen molar-refractivity contribution >= 4 is 11.4 Å². The summed E-state index contributed by atoms with van der Waals surface area (Å²) in [4.78, 5) is 10.1. The molecule has 0 amide bonds. The summed E-state index contributed by atoms with van der Waals surface area (Å²) in [5.41, 5.74) is 1.59. The molecular formula is C8H10N2O2. The van der Waals surface area contributed by atoms with E-state index in [9.17, 15) is 10.1 Å². The van der Waals surface area contributed by atoms with Crippen LogP contribution in [0.2, 0.25) is 0 Å². The van der Waals surface area contributed by atoms with Crippen LogP contribution < -0.4 is 5.32 Å². The van der Waals surface area contributed by atoms with Crippen LogP contribution in [0.3, 0.4) is 0 Å². The molecule has 0 heterocycles. The minimum atomic E-state index is -0.390. The average Bonchev–Trinajstić information content (AvgIpc) is 2.03. The van der Waals surface area contributed by atoms with Gasteiger partial charge in [0.05, 0.1) is 4.92 Å². The maximum atomic E-state index is 10.5. The Morgan fingerprint density at radius 2 is 2.17 bits per heavy atom. The van der Waals surface area contributed by atoms with Crippen LogP contribution >= 0.6 is 0 Å². The highest BCUT2D eigenvalue weighted by Gasteiger charge is 2.12. The zero-order valence-corrected chi connectivity index (χ0v) is 7.00. The van der Waals surface area contributed by atoms with E-state index in [1.807, 2.05) is 13.0 Å². The lowest BCUT2D eigenvalue weighted by atomic mass is 10.2. The number of nitrogens with zero attached hydrogens (tertiary/aromatic N) is 1. The maximum absolute atomic E-state index is 10.5. The Balaban J connectivity index is 3.27. The van der Waals surface area contributed by atoms with Crippen molar-refractivity contribution in [2.24, 2.45) is 0 Å². The summed E-state index contributed by atoms with van der Waals surface area (Å²) >= 11 is 0. The lowest BCUT2D eigenvalue weighted by molar-refractivity contribution is -0.384. The van der Waals surface area contributed by atoms with Crippen molar-refractivity contribution in [3.63, 3.8) is 0 Å². The first-order valence-corrected chi connectivity index (χ1v) is 3.58. The minimum absolute atomic E-state index is 0.123. The van der Waals surface area contributed by atoms with Gasteiger partial charge in [-0.3, -0.25) is 10.1 Å². The number of nitrogens with one attached hydrogen (secondary N) is 1. The van der Waals surface area contributed by atoms with Gasteiger partial charge in [-0.1, -0.05) is 12.1 Å². The molecule has 0 aromatic heterocycles. The van der Waals surface area contributed by atoms with Crippen LogP contribution in [0.5, 0.6) is 0 Å². The standard InChI is InChI=1S/C8H10N2O2/c1-6-4-3-5-7(10(11)12)8(6)9-2/h3-5,9H,1-2H3. The molecule has 0 aliphatic rings. The Morgan fingerprint density at radius 3 is 2.58 bits per heavy atom. The van der Waals surface area contributed by atoms with E-state index in [0.717, 1.165) is 5.56 Å². The van der Waals surface area contributed by atoms with Crippen LogP contribution in [0.1, 0.15) is 5.56 Å². The van der Waals surface area contributed by atoms with Crippen LogP contribution in [0.25, 0.3) is 0 Å². The van der Waals surface area contributed by atoms with Crippen molar-refractivity contribution in [2.75, 3.05) is 12.4 Å². The fourth-order valence-corrected chi connectivity index (χ4v) is 1.13. The molecule has 0 atom stereocenters. The van der Waals surface area contributed by atoms with Crippen molar-refractivity contribution in [3.05, 3.63) is 33.9 Å². The van der Waals surface area contributed by atoms with Crippen molar-refractivity contribution in [2.45, 2.75) is 6.92 Å². The average molecular weight is 166 g/mol. The van der Waals surface area contributed by atoms with E-state index in [-0.39, 0.29) is 5.69 Å². The minimum Gasteiger partial charge on any atom is -0.382 e. The third-order valence-electron chi connectivity index (χ3n) is 1.70. The molecule has 0 saturated carbocycles. The molecule has 1 rings (SSSR count). The quantitative estimate of drug-likeness (QED) is 0.539. The number of para-hydroxylation sites is 1. The summed E-state index contributed by atoms with van der Waals surface area (Å²) in [6.45, 7) is 1.83. The summed E-state index contributed by atoms with van der Waals surface area (Å²) in [6, 6.07) is 4.99. The number of nitro benzene ring substituents is 1. The van der Waals surface area contributed by atoms with Crippen molar-refractivity contribution < 1.29 is 4.92 Å². The Kier molecular flexibility index (Phi) is 2.28. The van der Waals surface area contributed by atoms with E-state index in [1.54, 1.807) is 13.1 Å². The van der Waals surface area contributed by atoms with Crippen LogP contribution in [0.4, 0.5) is 11.4 Å². The Bertz CT molecular complexity index is 310. The molecule has 12 heavy (non-hydrogen) atoms. The molecule has 0 saturated heterocycles. The van der Waals surface area contributed by atoms with Crippen LogP contribution in [0.15, 0.2) is 18.2 Å². The lowest BCUT2D eigenvalue weighted by Crippen LogP contribution is -1.98. The molecule has 0 aliphatic heterocycles. The lowest BCUT2D eigenvalue weighted by Gasteiger charge is -2.04. The molecule has 1 aromatic carbocycles. The topological polar surface area (TPSA) is 55.2 Å². The SMILES string of the molecule is CNc1c(C)cccc1[N+](=O)[O-]. The van der Waals surface area contributed by atoms with E-state index >= 15 is 0 Å². The van der Waals surface area contributed by atoms with Crippen LogP contribution in [0, 0.1) is 17.0 Å². The van der Waals surface area contributed by atoms with Gasteiger partial charge in [0.25, 0.3) is 5.69 Å². The molecule has 0 radical (unpaired) electrons. The summed E-state index contributed by atoms with van der Waals surface area (Å²) in [5, 5.41) is 13.3.